The van der Waals surface area contributed by atoms with Crippen molar-refractivity contribution in [1.29, 1.82) is 0 Å². The maximum absolute atomic E-state index is 6.41. The topological polar surface area (TPSA) is 43.4 Å². The molecule has 0 N–H and O–H groups in total. The van der Waals surface area contributed by atoms with Gasteiger partial charge in [-0.1, -0.05) is 63.4 Å². The van der Waals surface area contributed by atoms with Gasteiger partial charge in [-0.3, -0.25) is 4.90 Å². The molecular weight excluding hydrogens is 591 g/mol. The van der Waals surface area contributed by atoms with Crippen molar-refractivity contribution in [1.82, 2.24) is 4.90 Å². The predicted molar refractivity (Wildman–Crippen MR) is 155 cm³/mol. The molecule has 0 saturated carbocycles. The van der Waals surface area contributed by atoms with Gasteiger partial charge in [0.1, 0.15) is 30.8 Å². The fourth-order valence-electron chi connectivity index (χ4n) is 4.71. The van der Waals surface area contributed by atoms with Crippen LogP contribution in [0.2, 0.25) is 10.0 Å². The molecule has 0 aromatic heterocycles. The van der Waals surface area contributed by atoms with E-state index in [2.05, 4.69) is 56.1 Å². The molecule has 0 aliphatic carbocycles. The van der Waals surface area contributed by atoms with Crippen LogP contribution < -0.4 is 14.4 Å². The van der Waals surface area contributed by atoms with E-state index in [0.29, 0.717) is 35.2 Å². The lowest BCUT2D eigenvalue weighted by Crippen LogP contribution is -2.47. The summed E-state index contributed by atoms with van der Waals surface area (Å²) < 4.78 is 24.2. The van der Waals surface area contributed by atoms with E-state index >= 15 is 0 Å². The third-order valence-electron chi connectivity index (χ3n) is 6.81. The van der Waals surface area contributed by atoms with Crippen LogP contribution in [0.5, 0.6) is 11.5 Å². The van der Waals surface area contributed by atoms with E-state index in [1.54, 1.807) is 12.1 Å². The van der Waals surface area contributed by atoms with Gasteiger partial charge in [0.15, 0.2) is 0 Å². The fourth-order valence-corrected chi connectivity index (χ4v) is 5.86. The molecule has 2 aliphatic heterocycles. The second-order valence-corrected chi connectivity index (χ2v) is 10.8. The molecule has 2 aliphatic rings. The largest absolute Gasteiger partial charge is 0.492 e. The first-order valence-corrected chi connectivity index (χ1v) is 14.6. The van der Waals surface area contributed by atoms with Gasteiger partial charge in [-0.05, 0) is 48.5 Å². The van der Waals surface area contributed by atoms with Crippen molar-refractivity contribution >= 4 is 44.8 Å². The Morgan fingerprint density at radius 1 is 0.895 bits per heavy atom. The zero-order chi connectivity index (χ0) is 26.4. The van der Waals surface area contributed by atoms with Gasteiger partial charge in [0.05, 0.1) is 17.0 Å². The summed E-state index contributed by atoms with van der Waals surface area (Å²) in [6.07, 6.45) is -0.238. The Labute approximate surface area is 242 Å². The number of ether oxygens (including phenoxy) is 4. The number of halogens is 3. The highest BCUT2D eigenvalue weighted by atomic mass is 79.9. The third-order valence-corrected chi connectivity index (χ3v) is 8.09. The van der Waals surface area contributed by atoms with Gasteiger partial charge in [0.25, 0.3) is 0 Å². The van der Waals surface area contributed by atoms with Crippen LogP contribution >= 0.6 is 39.1 Å². The second kappa shape index (κ2) is 12.9. The lowest BCUT2D eigenvalue weighted by atomic mass is 10.1. The monoisotopic (exact) mass is 620 g/mol. The smallest absolute Gasteiger partial charge is 0.206 e. The number of alkyl halides is 1. The lowest BCUT2D eigenvalue weighted by Gasteiger charge is -2.36. The Balaban J connectivity index is 1.03. The van der Waals surface area contributed by atoms with Gasteiger partial charge in [0, 0.05) is 49.0 Å². The summed E-state index contributed by atoms with van der Waals surface area (Å²) in [5.74, 6) is 0.608. The molecule has 5 rings (SSSR count). The minimum absolute atomic E-state index is 0.238. The summed E-state index contributed by atoms with van der Waals surface area (Å²) in [4.78, 5) is 4.89. The van der Waals surface area contributed by atoms with Crippen molar-refractivity contribution in [2.75, 3.05) is 62.8 Å². The molecule has 2 fully saturated rings. The molecule has 3 aromatic carbocycles. The summed E-state index contributed by atoms with van der Waals surface area (Å²) in [5.41, 5.74) is 2.04. The molecular formula is C29H31BrCl2N2O4. The minimum Gasteiger partial charge on any atom is -0.492 e. The number of benzene rings is 3. The number of hydrogen-bond acceptors (Lipinski definition) is 6. The number of anilines is 1. The van der Waals surface area contributed by atoms with Gasteiger partial charge >= 0.3 is 0 Å². The highest BCUT2D eigenvalue weighted by Gasteiger charge is 2.44. The zero-order valence-electron chi connectivity index (χ0n) is 21.0. The second-order valence-electron chi connectivity index (χ2n) is 9.36. The van der Waals surface area contributed by atoms with Crippen molar-refractivity contribution in [3.05, 3.63) is 88.4 Å². The van der Waals surface area contributed by atoms with Crippen LogP contribution in [-0.2, 0) is 15.3 Å². The van der Waals surface area contributed by atoms with Crippen LogP contribution in [-0.4, -0.2) is 68.9 Å². The normalized spacial score (nSPS) is 22.0. The molecule has 38 heavy (non-hydrogen) atoms. The van der Waals surface area contributed by atoms with Crippen LogP contribution in [0.3, 0.4) is 0 Å². The van der Waals surface area contributed by atoms with Crippen molar-refractivity contribution in [2.45, 2.75) is 11.9 Å². The van der Waals surface area contributed by atoms with Crippen molar-refractivity contribution in [3.63, 3.8) is 0 Å². The van der Waals surface area contributed by atoms with Crippen LogP contribution in [0.1, 0.15) is 5.56 Å². The summed E-state index contributed by atoms with van der Waals surface area (Å²) in [7, 11) is 0. The van der Waals surface area contributed by atoms with Gasteiger partial charge in [-0.15, -0.1) is 0 Å². The summed E-state index contributed by atoms with van der Waals surface area (Å²) in [6, 6.07) is 23.6. The Morgan fingerprint density at radius 2 is 1.61 bits per heavy atom. The molecule has 2 unspecified atom stereocenters. The molecule has 2 heterocycles. The number of hydrogen-bond donors (Lipinski definition) is 0. The Bertz CT molecular complexity index is 1180. The SMILES string of the molecule is Clc1ccc(C2(CBr)OCC(COc3ccc(OCCN4CCN(c5ccccc5)CC4)cc3)O2)c(Cl)c1. The standard InChI is InChI=1S/C29H31BrCl2N2O4/c30-21-29(27-11-6-22(31)18-28(27)32)37-20-26(38-29)19-36-25-9-7-24(8-10-25)35-17-16-33-12-14-34(15-13-33)23-4-2-1-3-5-23/h1-11,18,26H,12-17,19-21H2. The average Bonchev–Trinajstić information content (AvgIpc) is 3.38. The Morgan fingerprint density at radius 3 is 2.29 bits per heavy atom. The van der Waals surface area contributed by atoms with E-state index in [0.717, 1.165) is 49.8 Å². The zero-order valence-corrected chi connectivity index (χ0v) is 24.1. The number of rotatable bonds is 10. The predicted octanol–water partition coefficient (Wildman–Crippen LogP) is 6.24. The van der Waals surface area contributed by atoms with Gasteiger partial charge < -0.3 is 23.8 Å². The van der Waals surface area contributed by atoms with E-state index in [9.17, 15) is 0 Å². The van der Waals surface area contributed by atoms with Crippen LogP contribution in [0.15, 0.2) is 72.8 Å². The molecule has 0 bridgehead atoms. The number of para-hydroxylation sites is 1. The lowest BCUT2D eigenvalue weighted by molar-refractivity contribution is -0.159. The molecule has 0 radical (unpaired) electrons. The van der Waals surface area contributed by atoms with Gasteiger partial charge in [-0.25, -0.2) is 0 Å². The molecule has 0 amide bonds. The van der Waals surface area contributed by atoms with Crippen molar-refractivity contribution in [3.8, 4) is 11.5 Å². The first kappa shape index (κ1) is 27.6. The summed E-state index contributed by atoms with van der Waals surface area (Å²) >= 11 is 16.0. The van der Waals surface area contributed by atoms with Crippen LogP contribution in [0, 0.1) is 0 Å². The number of nitrogens with zero attached hydrogens (tertiary/aromatic N) is 2. The molecule has 9 heteroatoms. The highest BCUT2D eigenvalue weighted by molar-refractivity contribution is 9.09. The molecule has 2 saturated heterocycles. The minimum atomic E-state index is -0.971. The quantitative estimate of drug-likeness (QED) is 0.250. The molecule has 202 valence electrons. The van der Waals surface area contributed by atoms with Gasteiger partial charge in [-0.2, -0.15) is 0 Å². The molecule has 0 spiro atoms. The van der Waals surface area contributed by atoms with Crippen molar-refractivity contribution < 1.29 is 18.9 Å². The van der Waals surface area contributed by atoms with E-state index < -0.39 is 5.79 Å². The Kier molecular flexibility index (Phi) is 9.36. The first-order valence-electron chi connectivity index (χ1n) is 12.8. The summed E-state index contributed by atoms with van der Waals surface area (Å²) in [6.45, 7) is 6.47. The first-order chi connectivity index (χ1) is 18.5. The van der Waals surface area contributed by atoms with Crippen LogP contribution in [0.25, 0.3) is 0 Å². The summed E-state index contributed by atoms with van der Waals surface area (Å²) in [5, 5.41) is 1.51. The molecule has 2 atom stereocenters. The Hall–Kier alpha value is -2.00. The fraction of sp³-hybridized carbons (Fsp3) is 0.379. The van der Waals surface area contributed by atoms with Crippen LogP contribution in [0.4, 0.5) is 5.69 Å². The van der Waals surface area contributed by atoms with E-state index in [4.69, 9.17) is 42.1 Å². The molecule has 6 nitrogen and oxygen atoms in total. The number of piperazine rings is 1. The van der Waals surface area contributed by atoms with E-state index in [1.165, 1.54) is 5.69 Å². The average molecular weight is 622 g/mol. The highest BCUT2D eigenvalue weighted by Crippen LogP contribution is 2.40. The molecule has 3 aromatic rings. The van der Waals surface area contributed by atoms with Crippen molar-refractivity contribution in [2.24, 2.45) is 0 Å². The third kappa shape index (κ3) is 6.76. The van der Waals surface area contributed by atoms with Gasteiger partial charge in [0.2, 0.25) is 5.79 Å². The van der Waals surface area contributed by atoms with E-state index in [1.807, 2.05) is 30.3 Å². The van der Waals surface area contributed by atoms with E-state index in [-0.39, 0.29) is 6.10 Å². The maximum atomic E-state index is 6.41. The maximum Gasteiger partial charge on any atom is 0.206 e.